The average Bonchev–Trinajstić information content (AvgIpc) is 2.14. The highest BCUT2D eigenvalue weighted by Gasteiger charge is 2.29. The van der Waals surface area contributed by atoms with Crippen molar-refractivity contribution in [3.8, 4) is 0 Å². The Morgan fingerprint density at radius 1 is 1.44 bits per heavy atom. The highest BCUT2D eigenvalue weighted by Crippen LogP contribution is 2.16. The van der Waals surface area contributed by atoms with Crippen LogP contribution in [0.25, 0.3) is 0 Å². The molecule has 0 saturated carbocycles. The summed E-state index contributed by atoms with van der Waals surface area (Å²) in [5.41, 5.74) is 0. The fraction of sp³-hybridized carbons (Fsp3) is 0.889. The van der Waals surface area contributed by atoms with E-state index in [-0.39, 0.29) is 6.61 Å². The number of hydrogen-bond donors (Lipinski definition) is 1. The van der Waals surface area contributed by atoms with Gasteiger partial charge in [0.2, 0.25) is 0 Å². The second-order valence-corrected chi connectivity index (χ2v) is 3.29. The predicted octanol–water partition coefficient (Wildman–Crippen LogP) is 2.44. The Bertz CT molecular complexity index is 209. The van der Waals surface area contributed by atoms with Crippen LogP contribution >= 0.6 is 0 Å². The Balaban J connectivity index is 3.62. The van der Waals surface area contributed by atoms with Crippen molar-refractivity contribution in [2.45, 2.75) is 39.1 Å². The van der Waals surface area contributed by atoms with Crippen LogP contribution < -0.4 is 5.32 Å². The number of carbonyl (C=O) groups is 1. The number of hydrogen-bond acceptors (Lipinski definition) is 3. The molecule has 0 heterocycles. The monoisotopic (exact) mass is 243 g/mol. The van der Waals surface area contributed by atoms with Gasteiger partial charge in [-0.15, -0.1) is 13.2 Å². The Labute approximate surface area is 92.1 Å². The number of amides is 1. The molecule has 0 aliphatic rings. The molecule has 0 aromatic carbocycles. The topological polar surface area (TPSA) is 47.6 Å². The molecule has 0 bridgehead atoms. The van der Waals surface area contributed by atoms with E-state index in [0.717, 1.165) is 12.8 Å². The highest BCUT2D eigenvalue weighted by atomic mass is 19.4. The van der Waals surface area contributed by atoms with E-state index < -0.39 is 25.1 Å². The SMILES string of the molecule is CCCCOC(=O)N[C@@H](C)COC(F)(F)F. The van der Waals surface area contributed by atoms with E-state index >= 15 is 0 Å². The molecule has 1 atom stereocenters. The van der Waals surface area contributed by atoms with Gasteiger partial charge in [-0.25, -0.2) is 4.79 Å². The van der Waals surface area contributed by atoms with Gasteiger partial charge in [-0.3, -0.25) is 4.74 Å². The predicted molar refractivity (Wildman–Crippen MR) is 50.9 cm³/mol. The minimum atomic E-state index is -4.68. The second kappa shape index (κ2) is 7.32. The van der Waals surface area contributed by atoms with E-state index in [0.29, 0.717) is 0 Å². The van der Waals surface area contributed by atoms with Gasteiger partial charge in [-0.2, -0.15) is 0 Å². The number of carbonyl (C=O) groups excluding carboxylic acids is 1. The molecular formula is C9H16F3NO3. The minimum absolute atomic E-state index is 0.259. The number of rotatable bonds is 6. The lowest BCUT2D eigenvalue weighted by atomic mass is 10.4. The van der Waals surface area contributed by atoms with Gasteiger partial charge >= 0.3 is 12.5 Å². The van der Waals surface area contributed by atoms with Crippen molar-refractivity contribution >= 4 is 6.09 Å². The van der Waals surface area contributed by atoms with E-state index in [1.807, 2.05) is 6.92 Å². The van der Waals surface area contributed by atoms with E-state index in [1.54, 1.807) is 0 Å². The van der Waals surface area contributed by atoms with Gasteiger partial charge in [0.25, 0.3) is 0 Å². The van der Waals surface area contributed by atoms with Gasteiger partial charge in [0.05, 0.1) is 19.3 Å². The first-order valence-electron chi connectivity index (χ1n) is 4.99. The molecule has 0 aliphatic carbocycles. The number of halogens is 3. The first-order chi connectivity index (χ1) is 7.35. The number of alkyl carbamates (subject to hydrolysis) is 1. The smallest absolute Gasteiger partial charge is 0.450 e. The van der Waals surface area contributed by atoms with Crippen molar-refractivity contribution in [1.29, 1.82) is 0 Å². The zero-order valence-electron chi connectivity index (χ0n) is 9.26. The lowest BCUT2D eigenvalue weighted by Gasteiger charge is -2.15. The number of ether oxygens (including phenoxy) is 2. The summed E-state index contributed by atoms with van der Waals surface area (Å²) in [6, 6.07) is -0.754. The van der Waals surface area contributed by atoms with Crippen LogP contribution in [0.15, 0.2) is 0 Å². The summed E-state index contributed by atoms with van der Waals surface area (Å²) in [6.45, 7) is 2.95. The zero-order valence-corrected chi connectivity index (χ0v) is 9.26. The molecule has 0 aromatic rings. The molecule has 0 radical (unpaired) electrons. The summed E-state index contributed by atoms with van der Waals surface area (Å²) in [5, 5.41) is 2.23. The van der Waals surface area contributed by atoms with E-state index in [2.05, 4.69) is 10.1 Å². The average molecular weight is 243 g/mol. The Kier molecular flexibility index (Phi) is 6.87. The molecule has 7 heteroatoms. The van der Waals surface area contributed by atoms with E-state index in [9.17, 15) is 18.0 Å². The Hall–Kier alpha value is -0.980. The Morgan fingerprint density at radius 2 is 2.06 bits per heavy atom. The van der Waals surface area contributed by atoms with Crippen molar-refractivity contribution in [2.24, 2.45) is 0 Å². The Morgan fingerprint density at radius 3 is 2.56 bits per heavy atom. The first-order valence-corrected chi connectivity index (χ1v) is 4.99. The normalized spacial score (nSPS) is 13.3. The molecular weight excluding hydrogens is 227 g/mol. The summed E-state index contributed by atoms with van der Waals surface area (Å²) in [6.07, 6.45) is -3.81. The molecule has 96 valence electrons. The maximum atomic E-state index is 11.6. The summed E-state index contributed by atoms with van der Waals surface area (Å²) in [4.78, 5) is 11.0. The molecule has 0 rings (SSSR count). The van der Waals surface area contributed by atoms with Crippen molar-refractivity contribution in [3.05, 3.63) is 0 Å². The maximum absolute atomic E-state index is 11.6. The molecule has 16 heavy (non-hydrogen) atoms. The molecule has 0 aromatic heterocycles. The third kappa shape index (κ3) is 9.57. The molecule has 4 nitrogen and oxygen atoms in total. The molecule has 1 N–H and O–H groups in total. The maximum Gasteiger partial charge on any atom is 0.522 e. The summed E-state index contributed by atoms with van der Waals surface area (Å²) < 4.78 is 43.2. The van der Waals surface area contributed by atoms with Gasteiger partial charge in [-0.05, 0) is 13.3 Å². The number of unbranched alkanes of at least 4 members (excludes halogenated alkanes) is 1. The van der Waals surface area contributed by atoms with E-state index in [1.165, 1.54) is 6.92 Å². The quantitative estimate of drug-likeness (QED) is 0.729. The van der Waals surface area contributed by atoms with Crippen molar-refractivity contribution in [3.63, 3.8) is 0 Å². The molecule has 1 amide bonds. The van der Waals surface area contributed by atoms with Gasteiger partial charge in [0.1, 0.15) is 0 Å². The largest absolute Gasteiger partial charge is 0.522 e. The molecule has 0 fully saturated rings. The van der Waals surface area contributed by atoms with Gasteiger partial charge in [0, 0.05) is 0 Å². The van der Waals surface area contributed by atoms with Crippen LogP contribution in [0.4, 0.5) is 18.0 Å². The van der Waals surface area contributed by atoms with Crippen molar-refractivity contribution < 1.29 is 27.4 Å². The van der Waals surface area contributed by atoms with Crippen LogP contribution in [0, 0.1) is 0 Å². The zero-order chi connectivity index (χ0) is 12.6. The molecule has 0 aliphatic heterocycles. The van der Waals surface area contributed by atoms with Crippen LogP contribution in [0.3, 0.4) is 0 Å². The molecule has 0 unspecified atom stereocenters. The summed E-state index contributed by atoms with van der Waals surface area (Å²) in [7, 11) is 0. The first kappa shape index (κ1) is 15.0. The third-order valence-corrected chi connectivity index (χ3v) is 1.59. The van der Waals surface area contributed by atoms with Gasteiger partial charge in [0.15, 0.2) is 0 Å². The number of alkyl halides is 3. The fourth-order valence-corrected chi connectivity index (χ4v) is 0.813. The standard InChI is InChI=1S/C9H16F3NO3/c1-3-4-5-15-8(14)13-7(2)6-16-9(10,11)12/h7H,3-6H2,1-2H3,(H,13,14)/t7-/m0/s1. The molecule has 0 spiro atoms. The van der Waals surface area contributed by atoms with Crippen LogP contribution in [0.1, 0.15) is 26.7 Å². The lowest BCUT2D eigenvalue weighted by molar-refractivity contribution is -0.325. The van der Waals surface area contributed by atoms with Crippen LogP contribution in [-0.2, 0) is 9.47 Å². The highest BCUT2D eigenvalue weighted by molar-refractivity contribution is 5.67. The van der Waals surface area contributed by atoms with Crippen LogP contribution in [0.5, 0.6) is 0 Å². The fourth-order valence-electron chi connectivity index (χ4n) is 0.813. The summed E-state index contributed by atoms with van der Waals surface area (Å²) in [5.74, 6) is 0. The van der Waals surface area contributed by atoms with Gasteiger partial charge < -0.3 is 10.1 Å². The number of nitrogens with one attached hydrogen (secondary N) is 1. The van der Waals surface area contributed by atoms with Crippen molar-refractivity contribution in [2.75, 3.05) is 13.2 Å². The van der Waals surface area contributed by atoms with Crippen molar-refractivity contribution in [1.82, 2.24) is 5.32 Å². The van der Waals surface area contributed by atoms with Crippen LogP contribution in [0.2, 0.25) is 0 Å². The third-order valence-electron chi connectivity index (χ3n) is 1.59. The van der Waals surface area contributed by atoms with Crippen LogP contribution in [-0.4, -0.2) is 31.7 Å². The molecule has 0 saturated heterocycles. The van der Waals surface area contributed by atoms with Gasteiger partial charge in [-0.1, -0.05) is 13.3 Å². The minimum Gasteiger partial charge on any atom is -0.450 e. The lowest BCUT2D eigenvalue weighted by Crippen LogP contribution is -2.37. The van der Waals surface area contributed by atoms with E-state index in [4.69, 9.17) is 4.74 Å². The second-order valence-electron chi connectivity index (χ2n) is 3.29. The summed E-state index contributed by atoms with van der Waals surface area (Å²) >= 11 is 0.